The number of nitrogens with zero attached hydrogens (tertiary/aromatic N) is 7. The van der Waals surface area contributed by atoms with E-state index in [4.69, 9.17) is 15.1 Å². The van der Waals surface area contributed by atoms with E-state index in [0.717, 1.165) is 59.3 Å². The molecule has 1 N–H and O–H groups in total. The van der Waals surface area contributed by atoms with Crippen LogP contribution in [-0.4, -0.2) is 40.4 Å². The van der Waals surface area contributed by atoms with Crippen LogP contribution < -0.4 is 0 Å². The van der Waals surface area contributed by atoms with Crippen molar-refractivity contribution in [1.29, 1.82) is 0 Å². The van der Waals surface area contributed by atoms with Crippen LogP contribution in [-0.2, 0) is 19.4 Å². The summed E-state index contributed by atoms with van der Waals surface area (Å²) in [7, 11) is 0. The average molecular weight is 471 g/mol. The van der Waals surface area contributed by atoms with E-state index in [-0.39, 0.29) is 0 Å². The maximum absolute atomic E-state index is 4.99. The van der Waals surface area contributed by atoms with Crippen LogP contribution in [0.5, 0.6) is 0 Å². The van der Waals surface area contributed by atoms with Gasteiger partial charge in [-0.25, -0.2) is 14.8 Å². The van der Waals surface area contributed by atoms with E-state index in [1.54, 1.807) is 0 Å². The van der Waals surface area contributed by atoms with Gasteiger partial charge in [0.15, 0.2) is 11.6 Å². The van der Waals surface area contributed by atoms with E-state index in [1.807, 2.05) is 24.4 Å². The summed E-state index contributed by atoms with van der Waals surface area (Å²) in [5.41, 5.74) is 4.03. The second kappa shape index (κ2) is 11.3. The number of aromatic amines is 1. The lowest BCUT2D eigenvalue weighted by molar-refractivity contribution is 0.351. The third-order valence-corrected chi connectivity index (χ3v) is 6.96. The Morgan fingerprint density at radius 1 is 1.00 bits per heavy atom. The first kappa shape index (κ1) is 23.3. The molecule has 0 spiro atoms. The Morgan fingerprint density at radius 2 is 1.86 bits per heavy atom. The molecule has 4 aromatic rings. The fraction of sp³-hybridized carbons (Fsp3) is 0.481. The lowest BCUT2D eigenvalue weighted by Crippen LogP contribution is -2.10. The summed E-state index contributed by atoms with van der Waals surface area (Å²) in [6, 6.07) is 12.3. The normalized spacial score (nSPS) is 14.4. The van der Waals surface area contributed by atoms with Crippen LogP contribution in [0, 0.1) is 5.92 Å². The van der Waals surface area contributed by atoms with Gasteiger partial charge in [-0.05, 0) is 34.4 Å². The van der Waals surface area contributed by atoms with Gasteiger partial charge in [0.05, 0.1) is 0 Å². The van der Waals surface area contributed by atoms with Crippen LogP contribution in [0.1, 0.15) is 75.6 Å². The van der Waals surface area contributed by atoms with Crippen molar-refractivity contribution in [2.45, 2.75) is 77.7 Å². The Balaban J connectivity index is 1.34. The van der Waals surface area contributed by atoms with Gasteiger partial charge in [-0.1, -0.05) is 82.2 Å². The first-order valence-electron chi connectivity index (χ1n) is 13.0. The number of hydrogen-bond donors (Lipinski definition) is 1. The summed E-state index contributed by atoms with van der Waals surface area (Å²) in [4.78, 5) is 9.78. The van der Waals surface area contributed by atoms with Gasteiger partial charge in [-0.2, -0.15) is 5.10 Å². The maximum atomic E-state index is 4.99. The van der Waals surface area contributed by atoms with Gasteiger partial charge < -0.3 is 0 Å². The van der Waals surface area contributed by atoms with Crippen molar-refractivity contribution in [2.75, 3.05) is 0 Å². The molecule has 0 bridgehead atoms. The van der Waals surface area contributed by atoms with Crippen LogP contribution >= 0.6 is 0 Å². The molecule has 0 unspecified atom stereocenters. The zero-order valence-electron chi connectivity index (χ0n) is 20.5. The van der Waals surface area contributed by atoms with E-state index in [1.165, 1.54) is 44.9 Å². The fourth-order valence-electron chi connectivity index (χ4n) is 5.05. The zero-order chi connectivity index (χ0) is 23.9. The Labute approximate surface area is 206 Å². The van der Waals surface area contributed by atoms with E-state index >= 15 is 0 Å². The lowest BCUT2D eigenvalue weighted by atomic mass is 9.87. The van der Waals surface area contributed by atoms with Gasteiger partial charge in [0.2, 0.25) is 0 Å². The van der Waals surface area contributed by atoms with Crippen LogP contribution in [0.4, 0.5) is 0 Å². The number of hydrogen-bond acceptors (Lipinski definition) is 6. The minimum atomic E-state index is 0.648. The summed E-state index contributed by atoms with van der Waals surface area (Å²) in [5, 5.41) is 19.3. The number of aryl methyl sites for hydroxylation is 1. The summed E-state index contributed by atoms with van der Waals surface area (Å²) in [6.07, 6.45) is 13.9. The molecule has 0 amide bonds. The van der Waals surface area contributed by atoms with Crippen LogP contribution in [0.3, 0.4) is 0 Å². The molecule has 0 aliphatic heterocycles. The third-order valence-electron chi connectivity index (χ3n) is 6.96. The minimum Gasteiger partial charge on any atom is -0.260 e. The molecule has 1 aromatic carbocycles. The number of tetrazole rings is 1. The van der Waals surface area contributed by atoms with Crippen LogP contribution in [0.2, 0.25) is 0 Å². The molecular formula is C27H34N8. The smallest absolute Gasteiger partial charge is 0.180 e. The third kappa shape index (κ3) is 5.81. The number of rotatable bonds is 10. The molecule has 1 saturated carbocycles. The molecule has 8 heteroatoms. The minimum absolute atomic E-state index is 0.648. The number of aromatic nitrogens is 8. The van der Waals surface area contributed by atoms with Gasteiger partial charge >= 0.3 is 0 Å². The summed E-state index contributed by atoms with van der Waals surface area (Å²) < 4.78 is 2.13. The highest BCUT2D eigenvalue weighted by Gasteiger charge is 2.18. The molecule has 3 heterocycles. The van der Waals surface area contributed by atoms with Crippen LogP contribution in [0.25, 0.3) is 22.5 Å². The van der Waals surface area contributed by atoms with Crippen molar-refractivity contribution >= 4 is 0 Å². The second-order valence-corrected chi connectivity index (χ2v) is 9.59. The van der Waals surface area contributed by atoms with Crippen molar-refractivity contribution in [2.24, 2.45) is 5.92 Å². The molecule has 0 radical (unpaired) electrons. The van der Waals surface area contributed by atoms with Crippen molar-refractivity contribution in [1.82, 2.24) is 40.4 Å². The van der Waals surface area contributed by atoms with Crippen molar-refractivity contribution < 1.29 is 0 Å². The largest absolute Gasteiger partial charge is 0.260 e. The Morgan fingerprint density at radius 3 is 2.60 bits per heavy atom. The predicted octanol–water partition coefficient (Wildman–Crippen LogP) is 5.42. The number of unbranched alkanes of at least 4 members (excludes halogenated alkanes) is 2. The maximum Gasteiger partial charge on any atom is 0.180 e. The molecule has 0 atom stereocenters. The number of benzene rings is 1. The van der Waals surface area contributed by atoms with Crippen LogP contribution in [0.15, 0.2) is 42.6 Å². The van der Waals surface area contributed by atoms with E-state index in [0.29, 0.717) is 12.2 Å². The molecule has 35 heavy (non-hydrogen) atoms. The molecular weight excluding hydrogens is 436 g/mol. The SMILES string of the molecule is CCCCCn1nc(CC2CCCCC2)nc1Cc1ccc(-c2ccccc2-c2nnn[nH]2)cn1. The molecule has 8 nitrogen and oxygen atoms in total. The summed E-state index contributed by atoms with van der Waals surface area (Å²) in [6.45, 7) is 3.16. The number of pyridine rings is 1. The van der Waals surface area contributed by atoms with Gasteiger partial charge in [0.25, 0.3) is 0 Å². The number of nitrogens with one attached hydrogen (secondary N) is 1. The molecule has 3 aromatic heterocycles. The fourth-order valence-corrected chi connectivity index (χ4v) is 5.05. The predicted molar refractivity (Wildman–Crippen MR) is 135 cm³/mol. The molecule has 1 fully saturated rings. The number of H-pyrrole nitrogens is 1. The zero-order valence-corrected chi connectivity index (χ0v) is 20.5. The molecule has 182 valence electrons. The second-order valence-electron chi connectivity index (χ2n) is 9.59. The first-order valence-corrected chi connectivity index (χ1v) is 13.0. The molecule has 0 saturated heterocycles. The van der Waals surface area contributed by atoms with E-state index in [2.05, 4.69) is 50.4 Å². The monoisotopic (exact) mass is 470 g/mol. The quantitative estimate of drug-likeness (QED) is 0.311. The highest BCUT2D eigenvalue weighted by Crippen LogP contribution is 2.29. The highest BCUT2D eigenvalue weighted by atomic mass is 15.5. The molecule has 5 rings (SSSR count). The Kier molecular flexibility index (Phi) is 7.56. The van der Waals surface area contributed by atoms with Crippen molar-refractivity contribution in [3.8, 4) is 22.5 Å². The average Bonchev–Trinajstić information content (AvgIpc) is 3.56. The van der Waals surface area contributed by atoms with E-state index < -0.39 is 0 Å². The summed E-state index contributed by atoms with van der Waals surface area (Å²) in [5.74, 6) is 3.42. The summed E-state index contributed by atoms with van der Waals surface area (Å²) >= 11 is 0. The van der Waals surface area contributed by atoms with Crippen molar-refractivity contribution in [3.63, 3.8) is 0 Å². The standard InChI is InChI=1S/C27H34N8/c1-2-3-9-16-35-26(29-25(32-35)17-20-10-5-4-6-11-20)18-22-15-14-21(19-28-22)23-12-7-8-13-24(23)27-30-33-34-31-27/h7-8,12-15,19-20H,2-6,9-11,16-18H2,1H3,(H,30,31,33,34). The molecule has 1 aliphatic rings. The lowest BCUT2D eigenvalue weighted by Gasteiger charge is -2.19. The molecule has 1 aliphatic carbocycles. The van der Waals surface area contributed by atoms with Gasteiger partial charge in [0, 0.05) is 42.4 Å². The first-order chi connectivity index (χ1) is 17.3. The topological polar surface area (TPSA) is 98.1 Å². The highest BCUT2D eigenvalue weighted by molar-refractivity contribution is 5.79. The Hall–Kier alpha value is -3.42. The van der Waals surface area contributed by atoms with Gasteiger partial charge in [-0.15, -0.1) is 5.10 Å². The van der Waals surface area contributed by atoms with Crippen molar-refractivity contribution in [3.05, 3.63) is 59.9 Å². The van der Waals surface area contributed by atoms with Gasteiger partial charge in [-0.3, -0.25) is 4.98 Å². The Bertz CT molecular complexity index is 1190. The van der Waals surface area contributed by atoms with E-state index in [9.17, 15) is 0 Å². The van der Waals surface area contributed by atoms with Gasteiger partial charge in [0.1, 0.15) is 5.82 Å².